The standard InChI is InChI=1S/C30H31N2O.BrH/c1-2-22-20-32(19-21-11-12-23-7-3-4-8-24(23)17-21)16-14-25(22)18-29(32)30(33)27-13-15-31-28-10-6-5-9-26(27)28;/h2-13,15,17,22,25,29-30,33H,1,14,16,18-20H2;1H/q+1;/p-1/t22-,25-,29-,30+,32?;/m0./s1. The molecular formula is C30H31BrN2O. The van der Waals surface area contributed by atoms with Crippen molar-refractivity contribution in [2.45, 2.75) is 31.5 Å². The molecule has 5 atom stereocenters. The van der Waals surface area contributed by atoms with Crippen LogP contribution < -0.4 is 17.0 Å². The van der Waals surface area contributed by atoms with Gasteiger partial charge >= 0.3 is 0 Å². The zero-order valence-corrected chi connectivity index (χ0v) is 20.9. The first-order valence-electron chi connectivity index (χ1n) is 12.1. The van der Waals surface area contributed by atoms with Gasteiger partial charge in [-0.1, -0.05) is 60.7 Å². The number of fused-ring (bicyclic) bond motifs is 5. The van der Waals surface area contributed by atoms with Crippen LogP contribution in [-0.4, -0.2) is 33.7 Å². The molecule has 3 saturated heterocycles. The molecule has 3 aliphatic rings. The third kappa shape index (κ3) is 3.88. The molecule has 34 heavy (non-hydrogen) atoms. The average Bonchev–Trinajstić information content (AvgIpc) is 2.87. The summed E-state index contributed by atoms with van der Waals surface area (Å²) >= 11 is 0. The maximum Gasteiger partial charge on any atom is 0.131 e. The van der Waals surface area contributed by atoms with Gasteiger partial charge in [-0.3, -0.25) is 4.98 Å². The summed E-state index contributed by atoms with van der Waals surface area (Å²) in [5, 5.41) is 15.5. The lowest BCUT2D eigenvalue weighted by atomic mass is 9.71. The summed E-state index contributed by atoms with van der Waals surface area (Å²) in [4.78, 5) is 4.53. The van der Waals surface area contributed by atoms with Crippen molar-refractivity contribution in [2.24, 2.45) is 11.8 Å². The first kappa shape index (κ1) is 23.2. The Kier molecular flexibility index (Phi) is 6.32. The fourth-order valence-electron chi connectivity index (χ4n) is 6.67. The summed E-state index contributed by atoms with van der Waals surface area (Å²) in [7, 11) is 0. The Hall–Kier alpha value is -2.53. The number of hydrogen-bond acceptors (Lipinski definition) is 2. The van der Waals surface area contributed by atoms with Gasteiger partial charge in [-0.15, -0.1) is 6.58 Å². The quantitative estimate of drug-likeness (QED) is 0.328. The van der Waals surface area contributed by atoms with Gasteiger partial charge in [0.2, 0.25) is 0 Å². The minimum atomic E-state index is -0.507. The summed E-state index contributed by atoms with van der Waals surface area (Å²) in [6, 6.07) is 25.8. The van der Waals surface area contributed by atoms with Crippen molar-refractivity contribution >= 4 is 21.7 Å². The zero-order valence-electron chi connectivity index (χ0n) is 19.4. The predicted octanol–water partition coefficient (Wildman–Crippen LogP) is 3.04. The Balaban J connectivity index is 0.00000241. The van der Waals surface area contributed by atoms with Gasteiger partial charge in [0.25, 0.3) is 0 Å². The molecule has 4 heterocycles. The van der Waals surface area contributed by atoms with E-state index >= 15 is 0 Å². The van der Waals surface area contributed by atoms with Crippen LogP contribution in [0.2, 0.25) is 0 Å². The van der Waals surface area contributed by atoms with Crippen molar-refractivity contribution in [1.82, 2.24) is 4.98 Å². The number of quaternary nitrogens is 1. The third-order valence-electron chi connectivity index (χ3n) is 8.35. The molecule has 4 aromatic rings. The maximum atomic E-state index is 11.9. The molecule has 1 N–H and O–H groups in total. The number of pyridine rings is 1. The molecule has 3 aromatic carbocycles. The van der Waals surface area contributed by atoms with E-state index in [9.17, 15) is 5.11 Å². The SMILES string of the molecule is C=C[C@H]1C[N+]2(Cc3ccc4ccccc4c3)CC[C@H]1C[C@H]2[C@H](O)c1ccnc2ccccc12.[Br-]. The van der Waals surface area contributed by atoms with E-state index in [0.717, 1.165) is 47.0 Å². The number of aliphatic hydroxyl groups excluding tert-OH is 1. The Morgan fingerprint density at radius 1 is 1.03 bits per heavy atom. The minimum absolute atomic E-state index is 0. The van der Waals surface area contributed by atoms with Crippen LogP contribution in [0.15, 0.2) is 91.6 Å². The highest BCUT2D eigenvalue weighted by Crippen LogP contribution is 2.48. The van der Waals surface area contributed by atoms with Gasteiger partial charge < -0.3 is 26.6 Å². The summed E-state index contributed by atoms with van der Waals surface area (Å²) in [6.07, 6.45) is 5.76. The van der Waals surface area contributed by atoms with Crippen LogP contribution in [0.5, 0.6) is 0 Å². The molecule has 1 aromatic heterocycles. The van der Waals surface area contributed by atoms with Crippen LogP contribution in [0, 0.1) is 11.8 Å². The number of benzene rings is 3. The number of para-hydroxylation sites is 1. The molecule has 7 rings (SSSR count). The number of aromatic nitrogens is 1. The van der Waals surface area contributed by atoms with E-state index in [1.54, 1.807) is 0 Å². The van der Waals surface area contributed by atoms with Crippen molar-refractivity contribution in [3.8, 4) is 0 Å². The molecule has 0 saturated carbocycles. The molecule has 3 fully saturated rings. The van der Waals surface area contributed by atoms with E-state index in [2.05, 4.69) is 66.2 Å². The van der Waals surface area contributed by atoms with Crippen LogP contribution in [0.1, 0.15) is 30.1 Å². The normalized spacial score (nSPS) is 26.8. The maximum absolute atomic E-state index is 11.9. The number of aliphatic hydroxyl groups is 1. The second kappa shape index (κ2) is 9.26. The first-order chi connectivity index (χ1) is 16.2. The van der Waals surface area contributed by atoms with E-state index < -0.39 is 6.10 Å². The molecule has 3 aliphatic heterocycles. The Labute approximate surface area is 212 Å². The molecule has 174 valence electrons. The minimum Gasteiger partial charge on any atom is -1.00 e. The van der Waals surface area contributed by atoms with Gasteiger partial charge in [-0.2, -0.15) is 0 Å². The van der Waals surface area contributed by atoms with Gasteiger partial charge in [0.15, 0.2) is 0 Å². The number of hydrogen-bond donors (Lipinski definition) is 1. The largest absolute Gasteiger partial charge is 1.00 e. The first-order valence-corrected chi connectivity index (χ1v) is 12.1. The van der Waals surface area contributed by atoms with Crippen molar-refractivity contribution < 1.29 is 26.6 Å². The fourth-order valence-corrected chi connectivity index (χ4v) is 6.67. The summed E-state index contributed by atoms with van der Waals surface area (Å²) in [5.74, 6) is 1.14. The van der Waals surface area contributed by atoms with Gasteiger partial charge in [0, 0.05) is 35.9 Å². The lowest BCUT2D eigenvalue weighted by Gasteiger charge is -2.58. The second-order valence-electron chi connectivity index (χ2n) is 10.1. The summed E-state index contributed by atoms with van der Waals surface area (Å²) in [5.41, 5.74) is 3.33. The molecule has 0 spiro atoms. The number of nitrogens with zero attached hydrogens (tertiary/aromatic N) is 2. The molecule has 0 radical (unpaired) electrons. The molecule has 0 amide bonds. The molecule has 4 heteroatoms. The molecule has 2 bridgehead atoms. The van der Waals surface area contributed by atoms with Gasteiger partial charge in [-0.05, 0) is 40.5 Å². The highest BCUT2D eigenvalue weighted by atomic mass is 79.9. The molecule has 0 aliphatic carbocycles. The summed E-state index contributed by atoms with van der Waals surface area (Å²) < 4.78 is 0.934. The van der Waals surface area contributed by atoms with E-state index in [-0.39, 0.29) is 23.0 Å². The highest BCUT2D eigenvalue weighted by Gasteiger charge is 2.53. The third-order valence-corrected chi connectivity index (χ3v) is 8.35. The number of rotatable bonds is 5. The average molecular weight is 515 g/mol. The summed E-state index contributed by atoms with van der Waals surface area (Å²) in [6.45, 7) is 7.30. The van der Waals surface area contributed by atoms with E-state index in [1.807, 2.05) is 30.5 Å². The van der Waals surface area contributed by atoms with Crippen LogP contribution in [0.25, 0.3) is 21.7 Å². The highest BCUT2D eigenvalue weighted by molar-refractivity contribution is 5.83. The lowest BCUT2D eigenvalue weighted by molar-refractivity contribution is -0.984. The smallest absolute Gasteiger partial charge is 0.131 e. The van der Waals surface area contributed by atoms with Crippen LogP contribution in [0.3, 0.4) is 0 Å². The Morgan fingerprint density at radius 3 is 2.68 bits per heavy atom. The van der Waals surface area contributed by atoms with Crippen molar-refractivity contribution in [2.75, 3.05) is 13.1 Å². The van der Waals surface area contributed by atoms with Crippen molar-refractivity contribution in [3.05, 3.63) is 103 Å². The number of piperidine rings is 3. The van der Waals surface area contributed by atoms with Gasteiger partial charge in [0.05, 0.1) is 18.6 Å². The van der Waals surface area contributed by atoms with E-state index in [4.69, 9.17) is 0 Å². The topological polar surface area (TPSA) is 33.1 Å². The molecule has 1 unspecified atom stereocenters. The molecular weight excluding hydrogens is 484 g/mol. The van der Waals surface area contributed by atoms with Crippen molar-refractivity contribution in [3.63, 3.8) is 0 Å². The lowest BCUT2D eigenvalue weighted by Crippen LogP contribution is -3.00. The van der Waals surface area contributed by atoms with Gasteiger partial charge in [0.1, 0.15) is 18.7 Å². The van der Waals surface area contributed by atoms with Crippen molar-refractivity contribution in [1.29, 1.82) is 0 Å². The monoisotopic (exact) mass is 514 g/mol. The zero-order chi connectivity index (χ0) is 22.4. The van der Waals surface area contributed by atoms with E-state index in [0.29, 0.717) is 11.8 Å². The second-order valence-corrected chi connectivity index (χ2v) is 10.1. The van der Waals surface area contributed by atoms with Crippen LogP contribution in [-0.2, 0) is 6.54 Å². The number of halogens is 1. The molecule has 3 nitrogen and oxygen atoms in total. The van der Waals surface area contributed by atoms with Crippen LogP contribution in [0.4, 0.5) is 0 Å². The Morgan fingerprint density at radius 2 is 1.82 bits per heavy atom. The Bertz CT molecular complexity index is 1330. The van der Waals surface area contributed by atoms with Crippen LogP contribution >= 0.6 is 0 Å². The predicted molar refractivity (Wildman–Crippen MR) is 135 cm³/mol. The van der Waals surface area contributed by atoms with Gasteiger partial charge in [-0.25, -0.2) is 0 Å². The fraction of sp³-hybridized carbons (Fsp3) is 0.300. The van der Waals surface area contributed by atoms with E-state index in [1.165, 1.54) is 22.8 Å².